The Bertz CT molecular complexity index is 527. The van der Waals surface area contributed by atoms with Crippen LogP contribution in [0.3, 0.4) is 0 Å². The predicted octanol–water partition coefficient (Wildman–Crippen LogP) is -0.169. The van der Waals surface area contributed by atoms with Crippen molar-refractivity contribution in [3.05, 3.63) is 12.2 Å². The molecular weight excluding hydrogens is 274 g/mol. The minimum atomic E-state index is -3.61. The Kier molecular flexibility index (Phi) is 4.15. The molecule has 0 aromatic carbocycles. The van der Waals surface area contributed by atoms with Gasteiger partial charge in [-0.25, -0.2) is 13.1 Å². The second kappa shape index (κ2) is 5.66. The fraction of sp³-hybridized carbons (Fsp3) is 0.700. The lowest BCUT2D eigenvalue weighted by molar-refractivity contribution is -0.145. The Labute approximate surface area is 110 Å². The van der Waals surface area contributed by atoms with E-state index in [1.807, 2.05) is 0 Å². The first-order valence-corrected chi connectivity index (χ1v) is 7.41. The lowest BCUT2D eigenvalue weighted by Gasteiger charge is -2.17. The van der Waals surface area contributed by atoms with Crippen LogP contribution < -0.4 is 4.72 Å². The maximum absolute atomic E-state index is 12.2. The molecule has 106 valence electrons. The maximum Gasteiger partial charge on any atom is 0.310 e. The monoisotopic (exact) mass is 289 g/mol. The Morgan fingerprint density at radius 1 is 1.58 bits per heavy atom. The molecule has 1 aliphatic rings. The highest BCUT2D eigenvalue weighted by Crippen LogP contribution is 2.31. The Hall–Kier alpha value is -1.48. The third kappa shape index (κ3) is 3.10. The van der Waals surface area contributed by atoms with Crippen molar-refractivity contribution in [2.45, 2.75) is 31.1 Å². The van der Waals surface area contributed by atoms with Crippen LogP contribution in [-0.2, 0) is 26.1 Å². The highest BCUT2D eigenvalue weighted by Gasteiger charge is 2.42. The van der Waals surface area contributed by atoms with E-state index >= 15 is 0 Å². The molecule has 1 fully saturated rings. The number of hydrogen-bond acceptors (Lipinski definition) is 7. The number of carbonyl (C=O) groups excluding carboxylic acids is 1. The molecule has 0 amide bonds. The first kappa shape index (κ1) is 13.9. The Morgan fingerprint density at radius 3 is 3.00 bits per heavy atom. The summed E-state index contributed by atoms with van der Waals surface area (Å²) in [5, 5.41) is 2.75. The Morgan fingerprint density at radius 2 is 2.37 bits per heavy atom. The van der Waals surface area contributed by atoms with Gasteiger partial charge in [0.25, 0.3) is 0 Å². The molecule has 1 aliphatic carbocycles. The zero-order valence-corrected chi connectivity index (χ0v) is 11.2. The number of esters is 1. The number of rotatable bonds is 5. The predicted molar refractivity (Wildman–Crippen MR) is 63.2 cm³/mol. The molecule has 2 atom stereocenters. The zero-order chi connectivity index (χ0) is 13.9. The molecule has 0 radical (unpaired) electrons. The molecule has 0 saturated heterocycles. The summed E-state index contributed by atoms with van der Waals surface area (Å²) < 4.78 is 35.9. The number of nitrogens with zero attached hydrogens (tertiary/aromatic N) is 2. The van der Waals surface area contributed by atoms with Gasteiger partial charge in [-0.2, -0.15) is 4.98 Å². The first-order chi connectivity index (χ1) is 9.04. The van der Waals surface area contributed by atoms with Crippen molar-refractivity contribution in [3.8, 4) is 0 Å². The largest absolute Gasteiger partial charge is 0.469 e. The molecule has 2 unspecified atom stereocenters. The van der Waals surface area contributed by atoms with Gasteiger partial charge in [0.2, 0.25) is 16.4 Å². The van der Waals surface area contributed by atoms with Gasteiger partial charge in [0.1, 0.15) is 0 Å². The molecule has 0 aliphatic heterocycles. The molecule has 1 N–H and O–H groups in total. The SMILES string of the molecule is COC(=O)C1CCCC1S(=O)(=O)NCc1ncon1. The summed E-state index contributed by atoms with van der Waals surface area (Å²) in [6, 6.07) is 0. The standard InChI is InChI=1S/C10H15N3O5S/c1-17-10(14)7-3-2-4-8(7)19(15,16)12-5-9-11-6-18-13-9/h6-8,12H,2-5H2,1H3. The van der Waals surface area contributed by atoms with E-state index in [0.29, 0.717) is 19.3 Å². The topological polar surface area (TPSA) is 111 Å². The van der Waals surface area contributed by atoms with Crippen molar-refractivity contribution in [2.24, 2.45) is 5.92 Å². The number of carbonyl (C=O) groups is 1. The van der Waals surface area contributed by atoms with Crippen LogP contribution in [0.1, 0.15) is 25.1 Å². The molecule has 1 aromatic heterocycles. The van der Waals surface area contributed by atoms with Crippen LogP contribution in [0.2, 0.25) is 0 Å². The van der Waals surface area contributed by atoms with E-state index in [2.05, 4.69) is 24.1 Å². The van der Waals surface area contributed by atoms with Crippen LogP contribution in [0.15, 0.2) is 10.9 Å². The second-order valence-corrected chi connectivity index (χ2v) is 6.30. The fourth-order valence-electron chi connectivity index (χ4n) is 2.26. The van der Waals surface area contributed by atoms with E-state index in [0.717, 1.165) is 6.39 Å². The highest BCUT2D eigenvalue weighted by atomic mass is 32.2. The summed E-state index contributed by atoms with van der Waals surface area (Å²) in [5.74, 6) is -0.837. The van der Waals surface area contributed by atoms with E-state index < -0.39 is 27.2 Å². The lowest BCUT2D eigenvalue weighted by Crippen LogP contribution is -2.39. The van der Waals surface area contributed by atoms with Crippen LogP contribution in [0.5, 0.6) is 0 Å². The summed E-state index contributed by atoms with van der Waals surface area (Å²) >= 11 is 0. The molecule has 1 saturated carbocycles. The van der Waals surface area contributed by atoms with Crippen molar-refractivity contribution >= 4 is 16.0 Å². The number of ether oxygens (including phenoxy) is 1. The van der Waals surface area contributed by atoms with Gasteiger partial charge in [-0.15, -0.1) is 0 Å². The summed E-state index contributed by atoms with van der Waals surface area (Å²) in [7, 11) is -2.35. The number of aromatic nitrogens is 2. The van der Waals surface area contributed by atoms with Crippen LogP contribution >= 0.6 is 0 Å². The third-order valence-electron chi connectivity index (χ3n) is 3.19. The first-order valence-electron chi connectivity index (χ1n) is 5.86. The second-order valence-electron chi connectivity index (χ2n) is 4.31. The summed E-state index contributed by atoms with van der Waals surface area (Å²) in [4.78, 5) is 15.3. The van der Waals surface area contributed by atoms with Crippen molar-refractivity contribution in [1.82, 2.24) is 14.9 Å². The summed E-state index contributed by atoms with van der Waals surface area (Å²) in [5.41, 5.74) is 0. The van der Waals surface area contributed by atoms with Crippen molar-refractivity contribution < 1.29 is 22.5 Å². The molecule has 8 nitrogen and oxygen atoms in total. The average Bonchev–Trinajstić information content (AvgIpc) is 3.06. The smallest absolute Gasteiger partial charge is 0.310 e. The Balaban J connectivity index is 2.04. The minimum absolute atomic E-state index is 0.0524. The van der Waals surface area contributed by atoms with E-state index in [4.69, 9.17) is 0 Å². The van der Waals surface area contributed by atoms with Crippen molar-refractivity contribution in [3.63, 3.8) is 0 Å². The van der Waals surface area contributed by atoms with Gasteiger partial charge in [-0.05, 0) is 12.8 Å². The molecule has 1 aromatic rings. The van der Waals surface area contributed by atoms with Crippen LogP contribution in [0, 0.1) is 5.92 Å². The van der Waals surface area contributed by atoms with Gasteiger partial charge in [0.05, 0.1) is 24.8 Å². The van der Waals surface area contributed by atoms with E-state index in [9.17, 15) is 13.2 Å². The van der Waals surface area contributed by atoms with Gasteiger partial charge in [0, 0.05) is 0 Å². The molecule has 1 heterocycles. The number of methoxy groups -OCH3 is 1. The third-order valence-corrected chi connectivity index (χ3v) is 5.10. The lowest BCUT2D eigenvalue weighted by atomic mass is 10.1. The van der Waals surface area contributed by atoms with Crippen LogP contribution in [0.4, 0.5) is 0 Å². The van der Waals surface area contributed by atoms with E-state index in [-0.39, 0.29) is 12.4 Å². The maximum atomic E-state index is 12.2. The molecule has 9 heteroatoms. The number of sulfonamides is 1. The summed E-state index contributed by atoms with van der Waals surface area (Å²) in [6.07, 6.45) is 2.78. The molecule has 0 bridgehead atoms. The summed E-state index contributed by atoms with van der Waals surface area (Å²) in [6.45, 7) is -0.0524. The van der Waals surface area contributed by atoms with Gasteiger partial charge in [-0.3, -0.25) is 4.79 Å². The number of hydrogen-bond donors (Lipinski definition) is 1. The van der Waals surface area contributed by atoms with Crippen LogP contribution in [-0.4, -0.2) is 36.9 Å². The van der Waals surface area contributed by atoms with Gasteiger partial charge < -0.3 is 9.26 Å². The van der Waals surface area contributed by atoms with E-state index in [1.165, 1.54) is 7.11 Å². The normalized spacial score (nSPS) is 23.4. The molecule has 2 rings (SSSR count). The number of nitrogens with one attached hydrogen (secondary N) is 1. The van der Waals surface area contributed by atoms with Gasteiger partial charge >= 0.3 is 5.97 Å². The van der Waals surface area contributed by atoms with Gasteiger partial charge in [-0.1, -0.05) is 11.6 Å². The fourth-order valence-corrected chi connectivity index (χ4v) is 3.96. The molecule has 0 spiro atoms. The average molecular weight is 289 g/mol. The molecule has 19 heavy (non-hydrogen) atoms. The van der Waals surface area contributed by atoms with Crippen molar-refractivity contribution in [1.29, 1.82) is 0 Å². The van der Waals surface area contributed by atoms with Crippen LogP contribution in [0.25, 0.3) is 0 Å². The minimum Gasteiger partial charge on any atom is -0.469 e. The van der Waals surface area contributed by atoms with Crippen molar-refractivity contribution in [2.75, 3.05) is 7.11 Å². The molecular formula is C10H15N3O5S. The highest BCUT2D eigenvalue weighted by molar-refractivity contribution is 7.90. The van der Waals surface area contributed by atoms with Gasteiger partial charge in [0.15, 0.2) is 5.82 Å². The quantitative estimate of drug-likeness (QED) is 0.749. The zero-order valence-electron chi connectivity index (χ0n) is 10.4. The van der Waals surface area contributed by atoms with E-state index in [1.54, 1.807) is 0 Å².